The molecule has 1 N–H and O–H groups in total. The molecule has 14 nitrogen and oxygen atoms in total. The number of carboxylic acids is 1. The Kier molecular flexibility index (Phi) is 7.88. The first-order chi connectivity index (χ1) is 20.2. The van der Waals surface area contributed by atoms with E-state index in [0.29, 0.717) is 18.5 Å². The molecule has 14 heteroatoms. The SMILES string of the molecule is CC(C)(C)OC(=O)N1CCC(C(=O)OCN2C(=O)CCC(N3C(=O)c4ccc(N5CC(C(=O)O)C5)cc4C3=O)C2=O)CC1. The number of rotatable bonds is 6. The van der Waals surface area contributed by atoms with Gasteiger partial charge in [-0.3, -0.25) is 33.7 Å². The number of nitrogens with zero attached hydrogens (tertiary/aromatic N) is 4. The van der Waals surface area contributed by atoms with Crippen LogP contribution < -0.4 is 4.90 Å². The summed E-state index contributed by atoms with van der Waals surface area (Å²) in [5.74, 6) is -5.31. The summed E-state index contributed by atoms with van der Waals surface area (Å²) < 4.78 is 10.7. The zero-order valence-electron chi connectivity index (χ0n) is 24.2. The van der Waals surface area contributed by atoms with Gasteiger partial charge in [0.15, 0.2) is 6.73 Å². The molecule has 0 aliphatic carbocycles. The van der Waals surface area contributed by atoms with Crippen LogP contribution in [-0.4, -0.2) is 106 Å². The Bertz CT molecular complexity index is 1390. The van der Waals surface area contributed by atoms with Crippen molar-refractivity contribution < 1.29 is 48.1 Å². The summed E-state index contributed by atoms with van der Waals surface area (Å²) in [6, 6.07) is 3.37. The summed E-state index contributed by atoms with van der Waals surface area (Å²) in [6.07, 6.45) is -0.00453. The average Bonchev–Trinajstić information content (AvgIpc) is 3.15. The molecule has 3 saturated heterocycles. The smallest absolute Gasteiger partial charge is 0.410 e. The molecule has 0 aromatic heterocycles. The molecule has 0 spiro atoms. The Labute approximate surface area is 247 Å². The number of ether oxygens (including phenoxy) is 2. The number of imide groups is 2. The van der Waals surface area contributed by atoms with Gasteiger partial charge in [-0.1, -0.05) is 0 Å². The van der Waals surface area contributed by atoms with Crippen molar-refractivity contribution in [3.05, 3.63) is 29.3 Å². The first kappa shape index (κ1) is 30.0. The van der Waals surface area contributed by atoms with Crippen LogP contribution in [0.15, 0.2) is 18.2 Å². The number of esters is 1. The van der Waals surface area contributed by atoms with Crippen LogP contribution in [-0.2, 0) is 28.7 Å². The largest absolute Gasteiger partial charge is 0.481 e. The zero-order valence-corrected chi connectivity index (χ0v) is 24.2. The number of aliphatic carboxylic acids is 1. The average molecular weight is 599 g/mol. The number of hydrogen-bond acceptors (Lipinski definition) is 10. The Morgan fingerprint density at radius 2 is 1.58 bits per heavy atom. The van der Waals surface area contributed by atoms with E-state index in [1.54, 1.807) is 31.7 Å². The van der Waals surface area contributed by atoms with Gasteiger partial charge in [-0.05, 0) is 58.2 Å². The number of likely N-dealkylation sites (tertiary alicyclic amines) is 2. The minimum absolute atomic E-state index is 0.0595. The summed E-state index contributed by atoms with van der Waals surface area (Å²) in [5, 5.41) is 9.13. The molecule has 5 amide bonds. The molecule has 3 fully saturated rings. The monoisotopic (exact) mass is 598 g/mol. The van der Waals surface area contributed by atoms with E-state index < -0.39 is 71.9 Å². The quantitative estimate of drug-likeness (QED) is 0.371. The van der Waals surface area contributed by atoms with Crippen molar-refractivity contribution in [2.24, 2.45) is 11.8 Å². The van der Waals surface area contributed by atoms with Gasteiger partial charge in [-0.2, -0.15) is 0 Å². The third-order valence-electron chi connectivity index (χ3n) is 8.11. The Balaban J connectivity index is 1.18. The first-order valence-electron chi connectivity index (χ1n) is 14.2. The van der Waals surface area contributed by atoms with Gasteiger partial charge in [0.05, 0.1) is 23.0 Å². The molecule has 1 aromatic rings. The van der Waals surface area contributed by atoms with E-state index in [2.05, 4.69) is 0 Å². The number of piperidine rings is 2. The minimum atomic E-state index is -1.25. The molecule has 5 rings (SSSR count). The van der Waals surface area contributed by atoms with Gasteiger partial charge < -0.3 is 24.4 Å². The van der Waals surface area contributed by atoms with Crippen LogP contribution in [0.25, 0.3) is 0 Å². The van der Waals surface area contributed by atoms with E-state index in [0.717, 1.165) is 9.80 Å². The molecule has 0 bridgehead atoms. The van der Waals surface area contributed by atoms with E-state index >= 15 is 0 Å². The minimum Gasteiger partial charge on any atom is -0.481 e. The van der Waals surface area contributed by atoms with E-state index in [-0.39, 0.29) is 50.1 Å². The molecule has 4 aliphatic heterocycles. The van der Waals surface area contributed by atoms with Gasteiger partial charge in [0.1, 0.15) is 11.6 Å². The maximum absolute atomic E-state index is 13.4. The highest BCUT2D eigenvalue weighted by atomic mass is 16.6. The number of carbonyl (C=O) groups is 7. The highest BCUT2D eigenvalue weighted by molar-refractivity contribution is 6.23. The van der Waals surface area contributed by atoms with Crippen LogP contribution in [0, 0.1) is 11.8 Å². The Morgan fingerprint density at radius 1 is 0.930 bits per heavy atom. The molecule has 43 heavy (non-hydrogen) atoms. The van der Waals surface area contributed by atoms with Crippen molar-refractivity contribution in [1.29, 1.82) is 0 Å². The van der Waals surface area contributed by atoms with E-state index in [4.69, 9.17) is 14.6 Å². The van der Waals surface area contributed by atoms with Gasteiger partial charge in [-0.25, -0.2) is 9.69 Å². The normalized spacial score (nSPS) is 21.6. The van der Waals surface area contributed by atoms with Crippen LogP contribution in [0.3, 0.4) is 0 Å². The summed E-state index contributed by atoms with van der Waals surface area (Å²) in [7, 11) is 0. The van der Waals surface area contributed by atoms with Crippen LogP contribution in [0.2, 0.25) is 0 Å². The van der Waals surface area contributed by atoms with Crippen molar-refractivity contribution in [2.45, 2.75) is 58.1 Å². The number of fused-ring (bicyclic) bond motifs is 1. The fourth-order valence-corrected chi connectivity index (χ4v) is 5.64. The Hall–Kier alpha value is -4.49. The summed E-state index contributed by atoms with van der Waals surface area (Å²) in [4.78, 5) is 93.6. The zero-order chi connectivity index (χ0) is 31.2. The summed E-state index contributed by atoms with van der Waals surface area (Å²) >= 11 is 0. The molecule has 230 valence electrons. The molecular weight excluding hydrogens is 564 g/mol. The third kappa shape index (κ3) is 5.90. The van der Waals surface area contributed by atoms with Crippen molar-refractivity contribution >= 4 is 47.3 Å². The molecule has 1 atom stereocenters. The number of anilines is 1. The third-order valence-corrected chi connectivity index (χ3v) is 8.11. The van der Waals surface area contributed by atoms with Crippen molar-refractivity contribution in [2.75, 3.05) is 37.8 Å². The molecule has 4 aliphatic rings. The highest BCUT2D eigenvalue weighted by Crippen LogP contribution is 2.34. The van der Waals surface area contributed by atoms with Gasteiger partial charge in [0, 0.05) is 38.3 Å². The second kappa shape index (κ2) is 11.3. The topological polar surface area (TPSA) is 171 Å². The predicted octanol–water partition coefficient (Wildman–Crippen LogP) is 1.47. The van der Waals surface area contributed by atoms with Crippen LogP contribution in [0.5, 0.6) is 0 Å². The lowest BCUT2D eigenvalue weighted by Crippen LogP contribution is -2.56. The lowest BCUT2D eigenvalue weighted by molar-refractivity contribution is -0.166. The lowest BCUT2D eigenvalue weighted by Gasteiger charge is -2.38. The van der Waals surface area contributed by atoms with Gasteiger partial charge in [0.2, 0.25) is 5.91 Å². The molecule has 0 saturated carbocycles. The molecular formula is C29H34N4O10. The second-order valence-electron chi connectivity index (χ2n) is 12.2. The maximum Gasteiger partial charge on any atom is 0.410 e. The highest BCUT2D eigenvalue weighted by Gasteiger charge is 2.48. The van der Waals surface area contributed by atoms with Crippen LogP contribution >= 0.6 is 0 Å². The van der Waals surface area contributed by atoms with Crippen LogP contribution in [0.1, 0.15) is 67.2 Å². The van der Waals surface area contributed by atoms with Crippen LogP contribution in [0.4, 0.5) is 10.5 Å². The van der Waals surface area contributed by atoms with Crippen molar-refractivity contribution in [1.82, 2.24) is 14.7 Å². The molecule has 0 radical (unpaired) electrons. The number of carboxylic acid groups (broad SMARTS) is 1. The molecule has 4 heterocycles. The van der Waals surface area contributed by atoms with E-state index in [1.165, 1.54) is 17.0 Å². The van der Waals surface area contributed by atoms with Gasteiger partial charge in [0.25, 0.3) is 17.7 Å². The Morgan fingerprint density at radius 3 is 2.21 bits per heavy atom. The molecule has 1 aromatic carbocycles. The molecule has 1 unspecified atom stereocenters. The fourth-order valence-electron chi connectivity index (χ4n) is 5.64. The van der Waals surface area contributed by atoms with Crippen molar-refractivity contribution in [3.63, 3.8) is 0 Å². The fraction of sp³-hybridized carbons (Fsp3) is 0.552. The predicted molar refractivity (Wildman–Crippen MR) is 147 cm³/mol. The van der Waals surface area contributed by atoms with Crippen molar-refractivity contribution in [3.8, 4) is 0 Å². The summed E-state index contributed by atoms with van der Waals surface area (Å²) in [5.41, 5.74) is 0.164. The summed E-state index contributed by atoms with van der Waals surface area (Å²) in [6.45, 7) is 5.78. The maximum atomic E-state index is 13.4. The lowest BCUT2D eigenvalue weighted by atomic mass is 9.97. The van der Waals surface area contributed by atoms with E-state index in [1.807, 2.05) is 0 Å². The van der Waals surface area contributed by atoms with E-state index in [9.17, 15) is 33.6 Å². The number of hydrogen-bond donors (Lipinski definition) is 1. The number of benzene rings is 1. The second-order valence-corrected chi connectivity index (χ2v) is 12.2. The number of carbonyl (C=O) groups excluding carboxylic acids is 6. The van der Waals surface area contributed by atoms with Gasteiger partial charge >= 0.3 is 18.0 Å². The standard InChI is InChI=1S/C29H34N4O10/c1-29(2,3)43-28(41)30-10-8-16(9-11-30)27(40)42-15-32-22(34)7-6-21(25(32)37)33-23(35)19-5-4-18(12-20(19)24(33)36)31-13-17(14-31)26(38)39/h4-5,12,16-17,21H,6-11,13-15H2,1-3H3,(H,38,39). The number of amides is 5. The first-order valence-corrected chi connectivity index (χ1v) is 14.2. The van der Waals surface area contributed by atoms with Gasteiger partial charge in [-0.15, -0.1) is 0 Å².